The van der Waals surface area contributed by atoms with Crippen molar-refractivity contribution in [2.45, 2.75) is 13.8 Å². The fraction of sp³-hybridized carbons (Fsp3) is 0.0667. The van der Waals surface area contributed by atoms with Gasteiger partial charge in [-0.2, -0.15) is 0 Å². The number of aryl methyl sites for hydroxylation is 2. The summed E-state index contributed by atoms with van der Waals surface area (Å²) in [6.45, 7) is 3.93. The SMILES string of the molecule is Cc1cccc(-c2ccc3c(c2)Oc2cccc4c2P3(=O)c2ccc(-c3cccc(C)n3)cc2O4)n1. The first-order chi connectivity index (χ1) is 17.5. The third-order valence-corrected chi connectivity index (χ3v) is 9.85. The molecule has 0 bridgehead atoms. The summed E-state index contributed by atoms with van der Waals surface area (Å²) in [6.07, 6.45) is 0. The normalized spacial score (nSPS) is 14.1. The highest BCUT2D eigenvalue weighted by Gasteiger charge is 2.46. The van der Waals surface area contributed by atoms with Gasteiger partial charge in [-0.15, -0.1) is 0 Å². The summed E-state index contributed by atoms with van der Waals surface area (Å²) < 4.78 is 27.8. The molecule has 174 valence electrons. The highest BCUT2D eigenvalue weighted by molar-refractivity contribution is 7.86. The van der Waals surface area contributed by atoms with E-state index in [0.717, 1.165) is 33.9 Å². The number of hydrogen-bond donors (Lipinski definition) is 0. The second-order valence-electron chi connectivity index (χ2n) is 9.11. The van der Waals surface area contributed by atoms with Gasteiger partial charge in [-0.05, 0) is 74.5 Å². The van der Waals surface area contributed by atoms with Crippen molar-refractivity contribution < 1.29 is 14.0 Å². The molecular weight excluding hydrogens is 467 g/mol. The quantitative estimate of drug-likeness (QED) is 0.268. The zero-order chi connectivity index (χ0) is 24.4. The van der Waals surface area contributed by atoms with Crippen LogP contribution in [-0.4, -0.2) is 9.97 Å². The van der Waals surface area contributed by atoms with Crippen LogP contribution in [0.1, 0.15) is 11.4 Å². The summed E-state index contributed by atoms with van der Waals surface area (Å²) in [7, 11) is -3.25. The molecule has 0 aliphatic carbocycles. The molecular formula is C30H21N2O3P. The standard InChI is InChI=1S/C30H21N2O3P/c1-18-6-3-8-22(31-18)20-12-14-28-26(16-20)34-24-10-5-11-25-30(24)36(28,33)29-15-13-21(17-27(29)35-25)23-9-4-7-19(2)32-23/h3-17H,1-2H3. The molecule has 0 radical (unpaired) electrons. The lowest BCUT2D eigenvalue weighted by Gasteiger charge is -2.34. The molecule has 4 heterocycles. The fourth-order valence-electron chi connectivity index (χ4n) is 5.02. The summed E-state index contributed by atoms with van der Waals surface area (Å²) in [5.74, 6) is 2.29. The Kier molecular flexibility index (Phi) is 4.48. The Morgan fingerprint density at radius 3 is 1.53 bits per heavy atom. The summed E-state index contributed by atoms with van der Waals surface area (Å²) in [5, 5.41) is 1.96. The van der Waals surface area contributed by atoms with E-state index < -0.39 is 7.14 Å². The van der Waals surface area contributed by atoms with Gasteiger partial charge in [0.15, 0.2) is 7.14 Å². The maximum Gasteiger partial charge on any atom is 0.185 e. The minimum absolute atomic E-state index is 0.563. The summed E-state index contributed by atoms with van der Waals surface area (Å²) in [6, 6.07) is 29.1. The number of fused-ring (bicyclic) bond motifs is 4. The Bertz CT molecular complexity index is 1640. The van der Waals surface area contributed by atoms with E-state index in [4.69, 9.17) is 9.47 Å². The fourth-order valence-corrected chi connectivity index (χ4v) is 8.04. The number of benzene rings is 3. The Morgan fingerprint density at radius 2 is 1.06 bits per heavy atom. The van der Waals surface area contributed by atoms with Gasteiger partial charge in [0, 0.05) is 22.5 Å². The van der Waals surface area contributed by atoms with Crippen molar-refractivity contribution in [2.75, 3.05) is 0 Å². The number of pyridine rings is 2. The molecule has 2 aliphatic heterocycles. The first-order valence-corrected chi connectivity index (χ1v) is 13.5. The molecule has 2 aliphatic rings. The highest BCUT2D eigenvalue weighted by Crippen LogP contribution is 2.58. The van der Waals surface area contributed by atoms with E-state index in [-0.39, 0.29) is 0 Å². The van der Waals surface area contributed by atoms with E-state index in [1.165, 1.54) is 0 Å². The van der Waals surface area contributed by atoms with Crippen LogP contribution in [0.4, 0.5) is 0 Å². The van der Waals surface area contributed by atoms with Gasteiger partial charge in [-0.3, -0.25) is 9.97 Å². The molecule has 2 aromatic heterocycles. The lowest BCUT2D eigenvalue weighted by Crippen LogP contribution is -2.35. The average molecular weight is 488 g/mol. The molecule has 0 N–H and O–H groups in total. The lowest BCUT2D eigenvalue weighted by atomic mass is 10.1. The van der Waals surface area contributed by atoms with Crippen LogP contribution in [0, 0.1) is 13.8 Å². The monoisotopic (exact) mass is 488 g/mol. The van der Waals surface area contributed by atoms with Crippen molar-refractivity contribution in [3.05, 3.63) is 102 Å². The van der Waals surface area contributed by atoms with Gasteiger partial charge in [0.2, 0.25) is 0 Å². The predicted molar refractivity (Wildman–Crippen MR) is 142 cm³/mol. The molecule has 5 aromatic rings. The van der Waals surface area contributed by atoms with Crippen molar-refractivity contribution in [3.8, 4) is 45.5 Å². The first-order valence-electron chi connectivity index (χ1n) is 11.8. The Morgan fingerprint density at radius 1 is 0.583 bits per heavy atom. The van der Waals surface area contributed by atoms with E-state index >= 15 is 4.57 Å². The van der Waals surface area contributed by atoms with Crippen molar-refractivity contribution in [2.24, 2.45) is 0 Å². The first kappa shape index (κ1) is 21.1. The Hall–Kier alpha value is -4.21. The zero-order valence-electron chi connectivity index (χ0n) is 19.7. The van der Waals surface area contributed by atoms with Crippen LogP contribution in [0.25, 0.3) is 22.5 Å². The predicted octanol–water partition coefficient (Wildman–Crippen LogP) is 6.28. The van der Waals surface area contributed by atoms with Gasteiger partial charge in [-0.1, -0.05) is 30.3 Å². The van der Waals surface area contributed by atoms with Crippen molar-refractivity contribution in [1.29, 1.82) is 0 Å². The number of nitrogens with zero attached hydrogens (tertiary/aromatic N) is 2. The molecule has 0 amide bonds. The third-order valence-electron chi connectivity index (χ3n) is 6.68. The third kappa shape index (κ3) is 3.06. The number of aromatic nitrogens is 2. The van der Waals surface area contributed by atoms with E-state index in [2.05, 4.69) is 9.97 Å². The van der Waals surface area contributed by atoms with Gasteiger partial charge in [0.1, 0.15) is 28.3 Å². The van der Waals surface area contributed by atoms with Crippen LogP contribution in [0.2, 0.25) is 0 Å². The Labute approximate surface area is 208 Å². The molecule has 3 aromatic carbocycles. The van der Waals surface area contributed by atoms with Gasteiger partial charge in [-0.25, -0.2) is 0 Å². The van der Waals surface area contributed by atoms with E-state index in [1.807, 2.05) is 105 Å². The molecule has 6 heteroatoms. The number of rotatable bonds is 2. The molecule has 0 atom stereocenters. The molecule has 0 saturated carbocycles. The van der Waals surface area contributed by atoms with Crippen LogP contribution < -0.4 is 25.4 Å². The highest BCUT2D eigenvalue weighted by atomic mass is 31.2. The average Bonchev–Trinajstić information content (AvgIpc) is 2.88. The molecule has 0 unspecified atom stereocenters. The van der Waals surface area contributed by atoms with Crippen molar-refractivity contribution >= 4 is 23.1 Å². The summed E-state index contributed by atoms with van der Waals surface area (Å²) in [4.78, 5) is 9.30. The van der Waals surface area contributed by atoms with Crippen LogP contribution >= 0.6 is 7.14 Å². The van der Waals surface area contributed by atoms with E-state index in [9.17, 15) is 0 Å². The van der Waals surface area contributed by atoms with Gasteiger partial charge in [0.25, 0.3) is 0 Å². The minimum Gasteiger partial charge on any atom is -0.456 e. The van der Waals surface area contributed by atoms with Gasteiger partial charge >= 0.3 is 0 Å². The molecule has 0 fully saturated rings. The molecule has 5 nitrogen and oxygen atoms in total. The summed E-state index contributed by atoms with van der Waals surface area (Å²) in [5.41, 5.74) is 5.40. The number of ether oxygens (including phenoxy) is 2. The minimum atomic E-state index is -3.25. The molecule has 7 rings (SSSR count). The van der Waals surface area contributed by atoms with E-state index in [0.29, 0.717) is 38.9 Å². The zero-order valence-corrected chi connectivity index (χ0v) is 20.6. The van der Waals surface area contributed by atoms with Crippen LogP contribution in [0.3, 0.4) is 0 Å². The lowest BCUT2D eigenvalue weighted by molar-refractivity contribution is 0.462. The topological polar surface area (TPSA) is 61.3 Å². The second kappa shape index (κ2) is 7.64. The molecule has 36 heavy (non-hydrogen) atoms. The maximum atomic E-state index is 15.2. The largest absolute Gasteiger partial charge is 0.456 e. The van der Waals surface area contributed by atoms with Crippen molar-refractivity contribution in [1.82, 2.24) is 9.97 Å². The van der Waals surface area contributed by atoms with Crippen LogP contribution in [0.5, 0.6) is 23.0 Å². The number of hydrogen-bond acceptors (Lipinski definition) is 5. The van der Waals surface area contributed by atoms with Gasteiger partial charge < -0.3 is 14.0 Å². The Balaban J connectivity index is 1.43. The van der Waals surface area contributed by atoms with E-state index in [1.54, 1.807) is 0 Å². The van der Waals surface area contributed by atoms with Crippen LogP contribution in [-0.2, 0) is 4.57 Å². The smallest absolute Gasteiger partial charge is 0.185 e. The summed E-state index contributed by atoms with van der Waals surface area (Å²) >= 11 is 0. The second-order valence-corrected chi connectivity index (χ2v) is 11.7. The van der Waals surface area contributed by atoms with Gasteiger partial charge in [0.05, 0.1) is 22.0 Å². The maximum absolute atomic E-state index is 15.2. The molecule has 0 saturated heterocycles. The van der Waals surface area contributed by atoms with Crippen molar-refractivity contribution in [3.63, 3.8) is 0 Å². The van der Waals surface area contributed by atoms with Crippen LogP contribution in [0.15, 0.2) is 91.0 Å². The molecule has 0 spiro atoms.